The van der Waals surface area contributed by atoms with Crippen molar-refractivity contribution in [3.63, 3.8) is 0 Å². The number of hydrogen-bond acceptors (Lipinski definition) is 7. The monoisotopic (exact) mass is 462 g/mol. The fraction of sp³-hybridized carbons (Fsp3) is 0.250. The van der Waals surface area contributed by atoms with Gasteiger partial charge in [0, 0.05) is 12.3 Å². The normalized spacial score (nSPS) is 11.5. The Labute approximate surface area is 184 Å². The first kappa shape index (κ1) is 22.3. The van der Waals surface area contributed by atoms with Crippen LogP contribution in [0.5, 0.6) is 0 Å². The summed E-state index contributed by atoms with van der Waals surface area (Å²) in [6.45, 7) is 5.98. The molecule has 0 aliphatic rings. The number of anilines is 2. The molecular formula is C20H22N4O3S3. The first-order valence-corrected chi connectivity index (χ1v) is 12.3. The van der Waals surface area contributed by atoms with Crippen molar-refractivity contribution in [1.82, 2.24) is 10.2 Å². The minimum atomic E-state index is -3.82. The summed E-state index contributed by atoms with van der Waals surface area (Å²) in [6.07, 6.45) is 0. The zero-order valence-corrected chi connectivity index (χ0v) is 19.4. The number of nitrogens with zero attached hydrogens (tertiary/aromatic N) is 3. The van der Waals surface area contributed by atoms with Crippen molar-refractivity contribution in [2.24, 2.45) is 0 Å². The second kappa shape index (κ2) is 9.15. The van der Waals surface area contributed by atoms with E-state index in [1.54, 1.807) is 60.3 Å². The molecule has 1 heterocycles. The number of rotatable bonds is 7. The van der Waals surface area contributed by atoms with Gasteiger partial charge in [-0.3, -0.25) is 14.4 Å². The van der Waals surface area contributed by atoms with Gasteiger partial charge in [0.05, 0.1) is 16.1 Å². The third kappa shape index (κ3) is 5.00. The fourth-order valence-electron chi connectivity index (χ4n) is 2.61. The molecular weight excluding hydrogens is 440 g/mol. The van der Waals surface area contributed by atoms with Gasteiger partial charge in [0.15, 0.2) is 4.34 Å². The molecule has 30 heavy (non-hydrogen) atoms. The van der Waals surface area contributed by atoms with E-state index in [9.17, 15) is 13.2 Å². The van der Waals surface area contributed by atoms with Crippen molar-refractivity contribution in [1.29, 1.82) is 0 Å². The number of amides is 1. The van der Waals surface area contributed by atoms with Gasteiger partial charge in [0.25, 0.3) is 15.9 Å². The number of aromatic nitrogens is 2. The lowest BCUT2D eigenvalue weighted by Gasteiger charge is -2.22. The lowest BCUT2D eigenvalue weighted by molar-refractivity contribution is 0.102. The molecule has 1 N–H and O–H groups in total. The molecule has 0 aliphatic heterocycles. The molecule has 10 heteroatoms. The van der Waals surface area contributed by atoms with Crippen LogP contribution in [0.15, 0.2) is 57.8 Å². The smallest absolute Gasteiger partial charge is 0.264 e. The molecule has 7 nitrogen and oxygen atoms in total. The average Bonchev–Trinajstić information content (AvgIpc) is 3.13. The summed E-state index contributed by atoms with van der Waals surface area (Å²) in [5.41, 5.74) is 1.46. The highest BCUT2D eigenvalue weighted by molar-refractivity contribution is 8.01. The molecule has 0 unspecified atom stereocenters. The molecule has 0 bridgehead atoms. The van der Waals surface area contributed by atoms with Crippen LogP contribution in [-0.4, -0.2) is 36.8 Å². The van der Waals surface area contributed by atoms with E-state index in [-0.39, 0.29) is 16.1 Å². The largest absolute Gasteiger partial charge is 0.296 e. The molecule has 0 aliphatic carbocycles. The van der Waals surface area contributed by atoms with Crippen molar-refractivity contribution >= 4 is 49.8 Å². The van der Waals surface area contributed by atoms with Crippen molar-refractivity contribution < 1.29 is 13.2 Å². The highest BCUT2D eigenvalue weighted by Crippen LogP contribution is 2.30. The van der Waals surface area contributed by atoms with E-state index in [2.05, 4.69) is 15.5 Å². The van der Waals surface area contributed by atoms with Gasteiger partial charge in [-0.1, -0.05) is 66.8 Å². The number of para-hydroxylation sites is 1. The Morgan fingerprint density at radius 3 is 2.43 bits per heavy atom. The van der Waals surface area contributed by atoms with Crippen LogP contribution in [0, 0.1) is 6.92 Å². The Balaban J connectivity index is 1.87. The van der Waals surface area contributed by atoms with Crippen LogP contribution in [0.25, 0.3) is 0 Å². The van der Waals surface area contributed by atoms with Gasteiger partial charge in [-0.25, -0.2) is 8.42 Å². The number of carbonyl (C=O) groups excluding carboxylic acids is 1. The second-order valence-electron chi connectivity index (χ2n) is 6.80. The summed E-state index contributed by atoms with van der Waals surface area (Å²) in [4.78, 5) is 13.0. The maximum Gasteiger partial charge on any atom is 0.264 e. The Bertz CT molecular complexity index is 1140. The maximum atomic E-state index is 13.1. The molecule has 158 valence electrons. The van der Waals surface area contributed by atoms with E-state index in [1.165, 1.54) is 18.4 Å². The first-order valence-electron chi connectivity index (χ1n) is 9.14. The number of carbonyl (C=O) groups is 1. The Kier molecular flexibility index (Phi) is 6.79. The summed E-state index contributed by atoms with van der Waals surface area (Å²) >= 11 is 2.84. The van der Waals surface area contributed by atoms with E-state index in [0.29, 0.717) is 10.4 Å². The third-order valence-electron chi connectivity index (χ3n) is 4.13. The summed E-state index contributed by atoms with van der Waals surface area (Å²) in [7, 11) is -2.39. The van der Waals surface area contributed by atoms with Gasteiger partial charge in [-0.2, -0.15) is 0 Å². The molecule has 3 aromatic rings. The number of hydrogen-bond donors (Lipinski definition) is 1. The number of sulfonamides is 1. The van der Waals surface area contributed by atoms with Crippen LogP contribution < -0.4 is 9.62 Å². The van der Waals surface area contributed by atoms with E-state index >= 15 is 0 Å². The van der Waals surface area contributed by atoms with Gasteiger partial charge in [-0.05, 0) is 31.2 Å². The van der Waals surface area contributed by atoms with Gasteiger partial charge < -0.3 is 0 Å². The molecule has 0 fully saturated rings. The maximum absolute atomic E-state index is 13.1. The lowest BCUT2D eigenvalue weighted by Crippen LogP contribution is -2.29. The van der Waals surface area contributed by atoms with E-state index in [1.807, 2.05) is 20.8 Å². The summed E-state index contributed by atoms with van der Waals surface area (Å²) in [5.74, 6) is -0.450. The second-order valence-corrected chi connectivity index (χ2v) is 11.6. The van der Waals surface area contributed by atoms with Gasteiger partial charge >= 0.3 is 0 Å². The van der Waals surface area contributed by atoms with Crippen LogP contribution in [0.4, 0.5) is 10.8 Å². The fourth-order valence-corrected chi connectivity index (χ4v) is 5.80. The zero-order chi connectivity index (χ0) is 21.9. The highest BCUT2D eigenvalue weighted by Gasteiger charge is 2.25. The van der Waals surface area contributed by atoms with Crippen molar-refractivity contribution in [3.05, 3.63) is 59.7 Å². The predicted octanol–water partition coefficient (Wildman–Crippen LogP) is 4.42. The van der Waals surface area contributed by atoms with Crippen LogP contribution in [-0.2, 0) is 10.0 Å². The molecule has 1 amide bonds. The van der Waals surface area contributed by atoms with E-state index < -0.39 is 15.9 Å². The molecule has 0 radical (unpaired) electrons. The molecule has 1 aromatic heterocycles. The lowest BCUT2D eigenvalue weighted by atomic mass is 10.1. The van der Waals surface area contributed by atoms with E-state index in [4.69, 9.17) is 0 Å². The third-order valence-corrected chi connectivity index (χ3v) is 7.84. The molecule has 0 saturated heterocycles. The summed E-state index contributed by atoms with van der Waals surface area (Å²) < 4.78 is 28.0. The van der Waals surface area contributed by atoms with Crippen LogP contribution in [0.1, 0.15) is 29.8 Å². The Morgan fingerprint density at radius 1 is 1.10 bits per heavy atom. The highest BCUT2D eigenvalue weighted by atomic mass is 32.2. The van der Waals surface area contributed by atoms with Crippen LogP contribution in [0.3, 0.4) is 0 Å². The standard InChI is InChI=1S/C20H22N4O3S3/c1-13(2)28-20-23-22-19(29-20)21-18(25)16-7-5-6-8-17(16)24(4)30(26,27)15-11-9-14(3)10-12-15/h5-13H,1-4H3,(H,21,22,25). The predicted molar refractivity (Wildman–Crippen MR) is 122 cm³/mol. The molecule has 2 aromatic carbocycles. The first-order chi connectivity index (χ1) is 14.2. The van der Waals surface area contributed by atoms with Gasteiger partial charge in [0.2, 0.25) is 5.13 Å². The zero-order valence-electron chi connectivity index (χ0n) is 17.0. The SMILES string of the molecule is Cc1ccc(S(=O)(=O)N(C)c2ccccc2C(=O)Nc2nnc(SC(C)C)s2)cc1. The molecule has 0 spiro atoms. The minimum absolute atomic E-state index is 0.158. The number of nitrogens with one attached hydrogen (secondary N) is 1. The van der Waals surface area contributed by atoms with Gasteiger partial charge in [0.1, 0.15) is 0 Å². The summed E-state index contributed by atoms with van der Waals surface area (Å²) in [6, 6.07) is 13.1. The number of aryl methyl sites for hydroxylation is 1. The minimum Gasteiger partial charge on any atom is -0.296 e. The van der Waals surface area contributed by atoms with Crippen LogP contribution >= 0.6 is 23.1 Å². The Hall–Kier alpha value is -2.43. The molecule has 0 saturated carbocycles. The topological polar surface area (TPSA) is 92.3 Å². The van der Waals surface area contributed by atoms with Crippen molar-refractivity contribution in [2.75, 3.05) is 16.7 Å². The number of thioether (sulfide) groups is 1. The molecule has 0 atom stereocenters. The Morgan fingerprint density at radius 2 is 1.77 bits per heavy atom. The van der Waals surface area contributed by atoms with Gasteiger partial charge in [-0.15, -0.1) is 10.2 Å². The number of benzene rings is 2. The quantitative estimate of drug-likeness (QED) is 0.413. The van der Waals surface area contributed by atoms with E-state index in [0.717, 1.165) is 14.2 Å². The van der Waals surface area contributed by atoms with Crippen LogP contribution in [0.2, 0.25) is 0 Å². The average molecular weight is 463 g/mol. The molecule has 3 rings (SSSR count). The van der Waals surface area contributed by atoms with Crippen molar-refractivity contribution in [3.8, 4) is 0 Å². The van der Waals surface area contributed by atoms with Crippen molar-refractivity contribution in [2.45, 2.75) is 35.3 Å². The summed E-state index contributed by atoms with van der Waals surface area (Å²) in [5, 5.41) is 11.5.